The predicted molar refractivity (Wildman–Crippen MR) is 42.1 cm³/mol. The second kappa shape index (κ2) is 3.50. The molecule has 0 saturated heterocycles. The summed E-state index contributed by atoms with van der Waals surface area (Å²) in [5.74, 6) is -3.34. The fourth-order valence-electron chi connectivity index (χ4n) is 0.985. The Morgan fingerprint density at radius 3 is 2.54 bits per heavy atom. The van der Waals surface area contributed by atoms with Gasteiger partial charge >= 0.3 is 0 Å². The lowest BCUT2D eigenvalue weighted by Crippen LogP contribution is -2.19. The molecule has 0 aromatic heterocycles. The maximum atomic E-state index is 12.9. The first-order valence-electron chi connectivity index (χ1n) is 3.60. The Bertz CT molecular complexity index is 344. The third kappa shape index (κ3) is 1.82. The molecule has 1 rings (SSSR count). The Hall–Kier alpha value is -1.47. The van der Waals surface area contributed by atoms with Crippen LogP contribution in [0.5, 0.6) is 0 Å². The molecule has 4 heteroatoms. The van der Waals surface area contributed by atoms with Gasteiger partial charge in [-0.25, -0.2) is 0 Å². The summed E-state index contributed by atoms with van der Waals surface area (Å²) >= 11 is 0. The highest BCUT2D eigenvalue weighted by molar-refractivity contribution is 5.40. The lowest BCUT2D eigenvalue weighted by atomic mass is 10.0. The normalized spacial score (nSPS) is 10.9. The van der Waals surface area contributed by atoms with E-state index in [0.717, 1.165) is 6.07 Å². The van der Waals surface area contributed by atoms with Crippen molar-refractivity contribution in [3.63, 3.8) is 0 Å². The predicted octanol–water partition coefficient (Wildman–Crippen LogP) is 1.64. The van der Waals surface area contributed by atoms with E-state index in [2.05, 4.69) is 0 Å². The number of halogens is 2. The number of nitriles is 1. The molecule has 13 heavy (non-hydrogen) atoms. The van der Waals surface area contributed by atoms with Crippen LogP contribution in [0, 0.1) is 11.3 Å². The Morgan fingerprint density at radius 2 is 2.00 bits per heavy atom. The highest BCUT2D eigenvalue weighted by atomic mass is 19.3. The molecule has 0 aliphatic carbocycles. The zero-order chi connectivity index (χ0) is 9.90. The maximum Gasteiger partial charge on any atom is 0.297 e. The summed E-state index contributed by atoms with van der Waals surface area (Å²) in [6, 6.07) is 6.97. The largest absolute Gasteiger partial charge is 0.390 e. The van der Waals surface area contributed by atoms with Gasteiger partial charge in [-0.2, -0.15) is 14.0 Å². The van der Waals surface area contributed by atoms with Crippen LogP contribution < -0.4 is 0 Å². The molecule has 0 fully saturated rings. The molecule has 0 amide bonds. The monoisotopic (exact) mass is 183 g/mol. The van der Waals surface area contributed by atoms with Crippen LogP contribution in [0.3, 0.4) is 0 Å². The van der Waals surface area contributed by atoms with Gasteiger partial charge in [-0.05, 0) is 6.07 Å². The van der Waals surface area contributed by atoms with E-state index in [1.54, 1.807) is 6.07 Å². The van der Waals surface area contributed by atoms with Crippen molar-refractivity contribution in [3.8, 4) is 6.07 Å². The summed E-state index contributed by atoms with van der Waals surface area (Å²) in [6.45, 7) is -1.29. The second-order valence-corrected chi connectivity index (χ2v) is 2.52. The van der Waals surface area contributed by atoms with Crippen molar-refractivity contribution < 1.29 is 13.9 Å². The van der Waals surface area contributed by atoms with Crippen LogP contribution in [0.2, 0.25) is 0 Å². The molecule has 0 aliphatic rings. The van der Waals surface area contributed by atoms with Crippen molar-refractivity contribution in [1.82, 2.24) is 0 Å². The molecule has 1 aromatic rings. The Morgan fingerprint density at radius 1 is 1.38 bits per heavy atom. The van der Waals surface area contributed by atoms with Gasteiger partial charge in [-0.3, -0.25) is 0 Å². The number of benzene rings is 1. The second-order valence-electron chi connectivity index (χ2n) is 2.52. The molecule has 0 heterocycles. The van der Waals surface area contributed by atoms with Crippen LogP contribution in [0.4, 0.5) is 8.78 Å². The first-order chi connectivity index (χ1) is 6.11. The van der Waals surface area contributed by atoms with Gasteiger partial charge in [0.25, 0.3) is 5.92 Å². The summed E-state index contributed by atoms with van der Waals surface area (Å²) in [6.07, 6.45) is 0. The van der Waals surface area contributed by atoms with Crippen molar-refractivity contribution in [2.45, 2.75) is 5.92 Å². The number of nitrogens with zero attached hydrogens (tertiary/aromatic N) is 1. The molecule has 0 spiro atoms. The van der Waals surface area contributed by atoms with Crippen molar-refractivity contribution in [1.29, 1.82) is 5.26 Å². The van der Waals surface area contributed by atoms with Gasteiger partial charge in [0.1, 0.15) is 6.61 Å². The van der Waals surface area contributed by atoms with Gasteiger partial charge < -0.3 is 5.11 Å². The van der Waals surface area contributed by atoms with E-state index in [4.69, 9.17) is 10.4 Å². The highest BCUT2D eigenvalue weighted by Crippen LogP contribution is 2.29. The third-order valence-corrected chi connectivity index (χ3v) is 1.64. The zero-order valence-electron chi connectivity index (χ0n) is 6.67. The summed E-state index contributed by atoms with van der Waals surface area (Å²) in [5.41, 5.74) is -0.540. The van der Waals surface area contributed by atoms with E-state index >= 15 is 0 Å². The topological polar surface area (TPSA) is 44.0 Å². The van der Waals surface area contributed by atoms with Crippen LogP contribution >= 0.6 is 0 Å². The van der Waals surface area contributed by atoms with Crippen LogP contribution in [0.15, 0.2) is 24.3 Å². The van der Waals surface area contributed by atoms with Gasteiger partial charge in [0.05, 0.1) is 11.6 Å². The van der Waals surface area contributed by atoms with Crippen molar-refractivity contribution in [2.75, 3.05) is 6.61 Å². The van der Waals surface area contributed by atoms with E-state index in [1.807, 2.05) is 0 Å². The fourth-order valence-corrected chi connectivity index (χ4v) is 0.985. The number of hydrogen-bond acceptors (Lipinski definition) is 2. The smallest absolute Gasteiger partial charge is 0.297 e. The van der Waals surface area contributed by atoms with E-state index < -0.39 is 18.1 Å². The number of hydrogen-bond donors (Lipinski definition) is 1. The first kappa shape index (κ1) is 9.62. The molecule has 0 radical (unpaired) electrons. The molecule has 0 aliphatic heterocycles. The van der Waals surface area contributed by atoms with Gasteiger partial charge in [-0.1, -0.05) is 18.2 Å². The Balaban J connectivity index is 3.22. The van der Waals surface area contributed by atoms with Crippen molar-refractivity contribution >= 4 is 0 Å². The molecule has 0 saturated carbocycles. The number of aliphatic hydroxyl groups is 1. The van der Waals surface area contributed by atoms with Crippen molar-refractivity contribution in [3.05, 3.63) is 35.4 Å². The average Bonchev–Trinajstić information content (AvgIpc) is 2.18. The standard InChI is InChI=1S/C9H7F2NO/c10-9(11,6-13)8-4-2-1-3-7(8)5-12/h1-4,13H,6H2. The molecule has 0 atom stereocenters. The minimum atomic E-state index is -3.34. The van der Waals surface area contributed by atoms with Gasteiger partial charge in [0.2, 0.25) is 0 Å². The van der Waals surface area contributed by atoms with E-state index in [-0.39, 0.29) is 5.56 Å². The molecule has 68 valence electrons. The molecule has 0 bridgehead atoms. The first-order valence-corrected chi connectivity index (χ1v) is 3.60. The quantitative estimate of drug-likeness (QED) is 0.757. The number of aliphatic hydroxyl groups excluding tert-OH is 1. The maximum absolute atomic E-state index is 12.9. The molecular weight excluding hydrogens is 176 g/mol. The average molecular weight is 183 g/mol. The number of alkyl halides is 2. The Labute approximate surface area is 74.0 Å². The molecule has 2 nitrogen and oxygen atoms in total. The molecule has 1 aromatic carbocycles. The minimum absolute atomic E-state index is 0.110. The summed E-state index contributed by atoms with van der Waals surface area (Å²) in [4.78, 5) is 0. The molecular formula is C9H7F2NO. The van der Waals surface area contributed by atoms with Crippen LogP contribution in [0.25, 0.3) is 0 Å². The van der Waals surface area contributed by atoms with E-state index in [9.17, 15) is 8.78 Å². The zero-order valence-corrected chi connectivity index (χ0v) is 6.67. The fraction of sp³-hybridized carbons (Fsp3) is 0.222. The van der Waals surface area contributed by atoms with Gasteiger partial charge in [-0.15, -0.1) is 0 Å². The summed E-state index contributed by atoms with van der Waals surface area (Å²) in [7, 11) is 0. The minimum Gasteiger partial charge on any atom is -0.390 e. The van der Waals surface area contributed by atoms with Gasteiger partial charge in [0, 0.05) is 5.56 Å². The van der Waals surface area contributed by atoms with Gasteiger partial charge in [0.15, 0.2) is 0 Å². The lowest BCUT2D eigenvalue weighted by molar-refractivity contribution is -0.0558. The lowest BCUT2D eigenvalue weighted by Gasteiger charge is -2.14. The van der Waals surface area contributed by atoms with Crippen LogP contribution in [-0.4, -0.2) is 11.7 Å². The third-order valence-electron chi connectivity index (χ3n) is 1.64. The highest BCUT2D eigenvalue weighted by Gasteiger charge is 2.32. The summed E-state index contributed by atoms with van der Waals surface area (Å²) < 4.78 is 25.9. The number of rotatable bonds is 2. The molecule has 1 N–H and O–H groups in total. The van der Waals surface area contributed by atoms with Crippen LogP contribution in [-0.2, 0) is 5.92 Å². The molecule has 0 unspecified atom stereocenters. The SMILES string of the molecule is N#Cc1ccccc1C(F)(F)CO. The summed E-state index contributed by atoms with van der Waals surface area (Å²) in [5, 5.41) is 16.9. The van der Waals surface area contributed by atoms with Crippen LogP contribution in [0.1, 0.15) is 11.1 Å². The van der Waals surface area contributed by atoms with E-state index in [0.29, 0.717) is 0 Å². The Kier molecular flexibility index (Phi) is 2.59. The van der Waals surface area contributed by atoms with Crippen molar-refractivity contribution in [2.24, 2.45) is 0 Å². The van der Waals surface area contributed by atoms with E-state index in [1.165, 1.54) is 18.2 Å².